The third-order valence-electron chi connectivity index (χ3n) is 2.18. The van der Waals surface area contributed by atoms with Crippen molar-refractivity contribution >= 4 is 23.8 Å². The molecule has 0 saturated carbocycles. The molecule has 1 aromatic carbocycles. The van der Waals surface area contributed by atoms with Gasteiger partial charge in [-0.3, -0.25) is 0 Å². The highest BCUT2D eigenvalue weighted by Crippen LogP contribution is 2.09. The number of carbonyl (C=O) groups excluding carboxylic acids is 1. The van der Waals surface area contributed by atoms with Gasteiger partial charge in [0.25, 0.3) is 0 Å². The standard InChI is InChI=1S/C15H20ClNO2/c1-15(2,3)19-14(18)17-9-5-8-12-6-4-7-13(10-12)11-16/h4-8,10H,9,11H2,1-3H3,(H,17,18). The van der Waals surface area contributed by atoms with Gasteiger partial charge in [0.15, 0.2) is 0 Å². The first-order valence-corrected chi connectivity index (χ1v) is 6.72. The van der Waals surface area contributed by atoms with E-state index >= 15 is 0 Å². The van der Waals surface area contributed by atoms with Gasteiger partial charge in [0.05, 0.1) is 0 Å². The highest BCUT2D eigenvalue weighted by atomic mass is 35.5. The zero-order chi connectivity index (χ0) is 14.3. The molecule has 0 aliphatic heterocycles. The number of carbonyl (C=O) groups is 1. The molecule has 1 aromatic rings. The Hall–Kier alpha value is -1.48. The fourth-order valence-corrected chi connectivity index (χ4v) is 1.60. The van der Waals surface area contributed by atoms with E-state index in [1.165, 1.54) is 0 Å². The second-order valence-corrected chi connectivity index (χ2v) is 5.43. The molecule has 19 heavy (non-hydrogen) atoms. The minimum Gasteiger partial charge on any atom is -0.444 e. The van der Waals surface area contributed by atoms with Crippen LogP contribution in [0.4, 0.5) is 4.79 Å². The van der Waals surface area contributed by atoms with Crippen LogP contribution in [0.1, 0.15) is 31.9 Å². The SMILES string of the molecule is CC(C)(C)OC(=O)NCC=Cc1cccc(CCl)c1. The Kier molecular flexibility index (Phi) is 5.90. The van der Waals surface area contributed by atoms with Crippen LogP contribution in [0.5, 0.6) is 0 Å². The normalized spacial score (nSPS) is 11.6. The molecule has 0 radical (unpaired) electrons. The van der Waals surface area contributed by atoms with Crippen LogP contribution in [-0.4, -0.2) is 18.2 Å². The van der Waals surface area contributed by atoms with E-state index in [-0.39, 0.29) is 0 Å². The van der Waals surface area contributed by atoms with E-state index < -0.39 is 11.7 Å². The summed E-state index contributed by atoms with van der Waals surface area (Å²) in [7, 11) is 0. The van der Waals surface area contributed by atoms with Crippen molar-refractivity contribution in [1.29, 1.82) is 0 Å². The van der Waals surface area contributed by atoms with Crippen molar-refractivity contribution < 1.29 is 9.53 Å². The molecular weight excluding hydrogens is 262 g/mol. The number of alkyl halides is 1. The third kappa shape index (κ3) is 6.87. The van der Waals surface area contributed by atoms with Crippen LogP contribution >= 0.6 is 11.6 Å². The first-order chi connectivity index (χ1) is 8.90. The summed E-state index contributed by atoms with van der Waals surface area (Å²) in [5, 5.41) is 2.66. The molecular formula is C15H20ClNO2. The van der Waals surface area contributed by atoms with Crippen LogP contribution in [-0.2, 0) is 10.6 Å². The second-order valence-electron chi connectivity index (χ2n) is 5.16. The monoisotopic (exact) mass is 281 g/mol. The summed E-state index contributed by atoms with van der Waals surface area (Å²) in [6.07, 6.45) is 3.40. The average Bonchev–Trinajstić information content (AvgIpc) is 2.33. The summed E-state index contributed by atoms with van der Waals surface area (Å²) in [6, 6.07) is 7.93. The topological polar surface area (TPSA) is 38.3 Å². The molecule has 0 unspecified atom stereocenters. The number of hydrogen-bond donors (Lipinski definition) is 1. The number of rotatable bonds is 4. The lowest BCUT2D eigenvalue weighted by molar-refractivity contribution is 0.0534. The highest BCUT2D eigenvalue weighted by Gasteiger charge is 2.14. The number of ether oxygens (including phenoxy) is 1. The van der Waals surface area contributed by atoms with Crippen molar-refractivity contribution in [3.05, 3.63) is 41.5 Å². The Labute approximate surface area is 119 Å². The van der Waals surface area contributed by atoms with Crippen LogP contribution in [0.25, 0.3) is 6.08 Å². The molecule has 0 aliphatic carbocycles. The number of hydrogen-bond acceptors (Lipinski definition) is 2. The maximum atomic E-state index is 11.4. The summed E-state index contributed by atoms with van der Waals surface area (Å²) in [5.74, 6) is 0.498. The minimum absolute atomic E-state index is 0.411. The van der Waals surface area contributed by atoms with Gasteiger partial charge in [0.1, 0.15) is 5.60 Å². The second kappa shape index (κ2) is 7.19. The molecule has 0 fully saturated rings. The van der Waals surface area contributed by atoms with Gasteiger partial charge in [-0.2, -0.15) is 0 Å². The van der Waals surface area contributed by atoms with Gasteiger partial charge in [-0.25, -0.2) is 4.79 Å². The molecule has 0 bridgehead atoms. The van der Waals surface area contributed by atoms with Crippen molar-refractivity contribution in [2.45, 2.75) is 32.3 Å². The predicted octanol–water partition coefficient (Wildman–Crippen LogP) is 3.96. The van der Waals surface area contributed by atoms with Crippen LogP contribution in [0.15, 0.2) is 30.3 Å². The summed E-state index contributed by atoms with van der Waals surface area (Å²) in [6.45, 7) is 5.93. The van der Waals surface area contributed by atoms with E-state index in [9.17, 15) is 4.79 Å². The van der Waals surface area contributed by atoms with Crippen molar-refractivity contribution in [1.82, 2.24) is 5.32 Å². The van der Waals surface area contributed by atoms with Gasteiger partial charge in [0, 0.05) is 12.4 Å². The molecule has 104 valence electrons. The molecule has 1 rings (SSSR count). The number of amides is 1. The summed E-state index contributed by atoms with van der Waals surface area (Å²) >= 11 is 5.77. The van der Waals surface area contributed by atoms with E-state index in [2.05, 4.69) is 5.32 Å². The van der Waals surface area contributed by atoms with Gasteiger partial charge < -0.3 is 10.1 Å². The molecule has 0 aliphatic rings. The molecule has 0 saturated heterocycles. The van der Waals surface area contributed by atoms with Crippen molar-refractivity contribution in [3.8, 4) is 0 Å². The van der Waals surface area contributed by atoms with E-state index in [4.69, 9.17) is 16.3 Å². The Morgan fingerprint density at radius 1 is 1.42 bits per heavy atom. The number of halogens is 1. The lowest BCUT2D eigenvalue weighted by Gasteiger charge is -2.19. The molecule has 1 amide bonds. The molecule has 0 heterocycles. The molecule has 1 N–H and O–H groups in total. The van der Waals surface area contributed by atoms with Gasteiger partial charge >= 0.3 is 6.09 Å². The molecule has 0 atom stereocenters. The largest absolute Gasteiger partial charge is 0.444 e. The van der Waals surface area contributed by atoms with Crippen LogP contribution in [0.2, 0.25) is 0 Å². The quantitative estimate of drug-likeness (QED) is 0.848. The zero-order valence-electron chi connectivity index (χ0n) is 11.6. The van der Waals surface area contributed by atoms with E-state index in [1.54, 1.807) is 0 Å². The third-order valence-corrected chi connectivity index (χ3v) is 2.49. The van der Waals surface area contributed by atoms with Crippen LogP contribution < -0.4 is 5.32 Å². The van der Waals surface area contributed by atoms with E-state index in [1.807, 2.05) is 57.2 Å². The van der Waals surface area contributed by atoms with E-state index in [0.717, 1.165) is 11.1 Å². The first kappa shape index (κ1) is 15.6. The lowest BCUT2D eigenvalue weighted by Crippen LogP contribution is -2.32. The number of alkyl carbamates (subject to hydrolysis) is 1. The minimum atomic E-state index is -0.470. The predicted molar refractivity (Wildman–Crippen MR) is 79.3 cm³/mol. The Balaban J connectivity index is 2.40. The Bertz CT molecular complexity index is 450. The summed E-state index contributed by atoms with van der Waals surface area (Å²) in [5.41, 5.74) is 1.66. The molecule has 3 nitrogen and oxygen atoms in total. The van der Waals surface area contributed by atoms with Crippen molar-refractivity contribution in [2.75, 3.05) is 6.54 Å². The lowest BCUT2D eigenvalue weighted by atomic mass is 10.1. The van der Waals surface area contributed by atoms with Crippen LogP contribution in [0, 0.1) is 0 Å². The molecule has 0 spiro atoms. The Morgan fingerprint density at radius 2 is 2.16 bits per heavy atom. The average molecular weight is 282 g/mol. The fourth-order valence-electron chi connectivity index (χ4n) is 1.43. The van der Waals surface area contributed by atoms with Crippen LogP contribution in [0.3, 0.4) is 0 Å². The number of benzene rings is 1. The van der Waals surface area contributed by atoms with Gasteiger partial charge in [-0.1, -0.05) is 36.4 Å². The maximum Gasteiger partial charge on any atom is 0.407 e. The maximum absolute atomic E-state index is 11.4. The summed E-state index contributed by atoms with van der Waals surface area (Å²) in [4.78, 5) is 11.4. The van der Waals surface area contributed by atoms with Gasteiger partial charge in [-0.05, 0) is 31.9 Å². The smallest absolute Gasteiger partial charge is 0.407 e. The van der Waals surface area contributed by atoms with Gasteiger partial charge in [-0.15, -0.1) is 11.6 Å². The molecule has 4 heteroatoms. The number of nitrogens with one attached hydrogen (secondary N) is 1. The first-order valence-electron chi connectivity index (χ1n) is 6.19. The zero-order valence-corrected chi connectivity index (χ0v) is 12.3. The van der Waals surface area contributed by atoms with Crippen molar-refractivity contribution in [3.63, 3.8) is 0 Å². The Morgan fingerprint density at radius 3 is 2.79 bits per heavy atom. The molecule has 0 aromatic heterocycles. The highest BCUT2D eigenvalue weighted by molar-refractivity contribution is 6.17. The van der Waals surface area contributed by atoms with Gasteiger partial charge in [0.2, 0.25) is 0 Å². The van der Waals surface area contributed by atoms with E-state index in [0.29, 0.717) is 12.4 Å². The fraction of sp³-hybridized carbons (Fsp3) is 0.400. The summed E-state index contributed by atoms with van der Waals surface area (Å²) < 4.78 is 5.13. The van der Waals surface area contributed by atoms with Crippen molar-refractivity contribution in [2.24, 2.45) is 0 Å².